The molecule has 0 radical (unpaired) electrons. The zero-order chi connectivity index (χ0) is 17.6. The van der Waals surface area contributed by atoms with Crippen LogP contribution >= 0.6 is 0 Å². The summed E-state index contributed by atoms with van der Waals surface area (Å²) in [6, 6.07) is 4.88. The summed E-state index contributed by atoms with van der Waals surface area (Å²) in [5.41, 5.74) is 2.46. The molecular formula is C18H11F3N4. The van der Waals surface area contributed by atoms with E-state index in [1.54, 1.807) is 18.5 Å². The molecule has 0 atom stereocenters. The van der Waals surface area contributed by atoms with Crippen molar-refractivity contribution in [3.8, 4) is 16.8 Å². The summed E-state index contributed by atoms with van der Waals surface area (Å²) in [6.45, 7) is 1.94. The molecule has 4 aromatic rings. The van der Waals surface area contributed by atoms with Crippen molar-refractivity contribution >= 4 is 11.0 Å². The van der Waals surface area contributed by atoms with Crippen LogP contribution in [0, 0.1) is 24.4 Å². The Morgan fingerprint density at radius 3 is 2.40 bits per heavy atom. The molecule has 0 fully saturated rings. The maximum atomic E-state index is 14.1. The van der Waals surface area contributed by atoms with Gasteiger partial charge >= 0.3 is 0 Å². The SMILES string of the molecule is Cc1ccncc1-c1ccnc2c1cnn2-c1c(F)cc(F)cc1F. The second kappa shape index (κ2) is 5.70. The first kappa shape index (κ1) is 15.3. The summed E-state index contributed by atoms with van der Waals surface area (Å²) < 4.78 is 42.4. The van der Waals surface area contributed by atoms with Gasteiger partial charge in [-0.3, -0.25) is 4.98 Å². The van der Waals surface area contributed by atoms with E-state index in [1.807, 2.05) is 13.0 Å². The van der Waals surface area contributed by atoms with Gasteiger partial charge in [0.15, 0.2) is 17.3 Å². The Bertz CT molecular complexity index is 1080. The minimum absolute atomic E-state index is 0.269. The van der Waals surface area contributed by atoms with Crippen LogP contribution in [0.3, 0.4) is 0 Å². The van der Waals surface area contributed by atoms with Crippen molar-refractivity contribution in [2.75, 3.05) is 0 Å². The average Bonchev–Trinajstić information content (AvgIpc) is 2.98. The molecule has 4 nitrogen and oxygen atoms in total. The van der Waals surface area contributed by atoms with Crippen LogP contribution in [0.1, 0.15) is 5.56 Å². The summed E-state index contributed by atoms with van der Waals surface area (Å²) in [5, 5.41) is 4.68. The lowest BCUT2D eigenvalue weighted by molar-refractivity contribution is 0.529. The summed E-state index contributed by atoms with van der Waals surface area (Å²) in [5.74, 6) is -3.09. The fourth-order valence-electron chi connectivity index (χ4n) is 2.81. The minimum atomic E-state index is -1.05. The molecule has 0 spiro atoms. The fourth-order valence-corrected chi connectivity index (χ4v) is 2.81. The molecule has 3 heterocycles. The van der Waals surface area contributed by atoms with Crippen molar-refractivity contribution in [1.29, 1.82) is 0 Å². The predicted molar refractivity (Wildman–Crippen MR) is 86.7 cm³/mol. The Morgan fingerprint density at radius 2 is 1.68 bits per heavy atom. The van der Waals surface area contributed by atoms with Gasteiger partial charge in [-0.25, -0.2) is 22.8 Å². The van der Waals surface area contributed by atoms with Gasteiger partial charge in [0.1, 0.15) is 11.5 Å². The number of halogens is 3. The van der Waals surface area contributed by atoms with Gasteiger partial charge < -0.3 is 0 Å². The molecule has 0 aliphatic carbocycles. The van der Waals surface area contributed by atoms with Crippen molar-refractivity contribution < 1.29 is 13.2 Å². The molecule has 0 saturated carbocycles. The molecule has 0 amide bonds. The normalized spacial score (nSPS) is 11.2. The van der Waals surface area contributed by atoms with E-state index in [9.17, 15) is 13.2 Å². The Balaban J connectivity index is 1.99. The first-order valence-corrected chi connectivity index (χ1v) is 7.45. The van der Waals surface area contributed by atoms with Crippen molar-refractivity contribution in [2.24, 2.45) is 0 Å². The van der Waals surface area contributed by atoms with E-state index >= 15 is 0 Å². The summed E-state index contributed by atoms with van der Waals surface area (Å²) >= 11 is 0. The number of hydrogen-bond acceptors (Lipinski definition) is 3. The van der Waals surface area contributed by atoms with E-state index in [0.717, 1.165) is 21.4 Å². The van der Waals surface area contributed by atoms with E-state index < -0.39 is 23.1 Å². The first-order valence-electron chi connectivity index (χ1n) is 7.45. The van der Waals surface area contributed by atoms with Gasteiger partial charge in [-0.05, 0) is 30.2 Å². The van der Waals surface area contributed by atoms with Crippen LogP contribution in [0.2, 0.25) is 0 Å². The van der Waals surface area contributed by atoms with Gasteiger partial charge in [0.05, 0.1) is 6.20 Å². The number of benzene rings is 1. The number of aromatic nitrogens is 4. The zero-order valence-electron chi connectivity index (χ0n) is 13.0. The van der Waals surface area contributed by atoms with Gasteiger partial charge in [-0.15, -0.1) is 0 Å². The van der Waals surface area contributed by atoms with Gasteiger partial charge in [0, 0.05) is 41.7 Å². The number of hydrogen-bond donors (Lipinski definition) is 0. The lowest BCUT2D eigenvalue weighted by Crippen LogP contribution is -2.05. The van der Waals surface area contributed by atoms with Crippen molar-refractivity contribution in [3.05, 3.63) is 72.1 Å². The van der Waals surface area contributed by atoms with Crippen LogP contribution in [0.4, 0.5) is 13.2 Å². The van der Waals surface area contributed by atoms with Crippen LogP contribution in [0.25, 0.3) is 27.8 Å². The molecule has 0 aliphatic heterocycles. The van der Waals surface area contributed by atoms with E-state index in [0.29, 0.717) is 17.5 Å². The highest BCUT2D eigenvalue weighted by molar-refractivity contribution is 5.93. The third-order valence-corrected chi connectivity index (χ3v) is 3.99. The highest BCUT2D eigenvalue weighted by Gasteiger charge is 2.19. The highest BCUT2D eigenvalue weighted by Crippen LogP contribution is 2.31. The third kappa shape index (κ3) is 2.44. The van der Waals surface area contributed by atoms with E-state index in [-0.39, 0.29) is 5.65 Å². The van der Waals surface area contributed by atoms with E-state index in [1.165, 1.54) is 12.4 Å². The van der Waals surface area contributed by atoms with Gasteiger partial charge in [0.25, 0.3) is 0 Å². The number of aryl methyl sites for hydroxylation is 1. The number of rotatable bonds is 2. The molecule has 124 valence electrons. The van der Waals surface area contributed by atoms with Gasteiger partial charge in [-0.1, -0.05) is 0 Å². The summed E-state index contributed by atoms with van der Waals surface area (Å²) in [6.07, 6.45) is 6.40. The average molecular weight is 340 g/mol. The maximum Gasteiger partial charge on any atom is 0.163 e. The minimum Gasteiger partial charge on any atom is -0.264 e. The standard InChI is InChI=1S/C18H11F3N4/c1-10-2-4-22-8-13(10)12-3-5-23-18-14(12)9-24-25(18)17-15(20)6-11(19)7-16(17)21/h2-9H,1H3. The monoisotopic (exact) mass is 340 g/mol. The molecule has 0 bridgehead atoms. The molecule has 3 aromatic heterocycles. The van der Waals surface area contributed by atoms with Crippen molar-refractivity contribution in [2.45, 2.75) is 6.92 Å². The molecular weight excluding hydrogens is 329 g/mol. The highest BCUT2D eigenvalue weighted by atomic mass is 19.1. The molecule has 25 heavy (non-hydrogen) atoms. The number of fused-ring (bicyclic) bond motifs is 1. The summed E-state index contributed by atoms with van der Waals surface area (Å²) in [7, 11) is 0. The van der Waals surface area contributed by atoms with E-state index in [4.69, 9.17) is 0 Å². The second-order valence-electron chi connectivity index (χ2n) is 5.56. The zero-order valence-corrected chi connectivity index (χ0v) is 13.0. The molecule has 0 aliphatic rings. The smallest absolute Gasteiger partial charge is 0.163 e. The molecule has 0 saturated heterocycles. The van der Waals surface area contributed by atoms with E-state index in [2.05, 4.69) is 15.1 Å². The van der Waals surface area contributed by atoms with Crippen LogP contribution < -0.4 is 0 Å². The number of pyridine rings is 2. The Morgan fingerprint density at radius 1 is 0.920 bits per heavy atom. The van der Waals surface area contributed by atoms with Gasteiger partial charge in [-0.2, -0.15) is 5.10 Å². The maximum absolute atomic E-state index is 14.1. The Hall–Kier alpha value is -3.22. The quantitative estimate of drug-likeness (QED) is 0.549. The second-order valence-corrected chi connectivity index (χ2v) is 5.56. The lowest BCUT2D eigenvalue weighted by Gasteiger charge is -2.08. The fraction of sp³-hybridized carbons (Fsp3) is 0.0556. The molecule has 7 heteroatoms. The van der Waals surface area contributed by atoms with Crippen LogP contribution in [-0.4, -0.2) is 19.7 Å². The Kier molecular flexibility index (Phi) is 3.49. The van der Waals surface area contributed by atoms with Crippen LogP contribution in [-0.2, 0) is 0 Å². The predicted octanol–water partition coefficient (Wildman–Crippen LogP) is 4.21. The number of nitrogens with zero attached hydrogens (tertiary/aromatic N) is 4. The molecule has 0 N–H and O–H groups in total. The first-order chi connectivity index (χ1) is 12.1. The van der Waals surface area contributed by atoms with Gasteiger partial charge in [0.2, 0.25) is 0 Å². The van der Waals surface area contributed by atoms with Crippen LogP contribution in [0.5, 0.6) is 0 Å². The Labute approximate surface area is 140 Å². The summed E-state index contributed by atoms with van der Waals surface area (Å²) in [4.78, 5) is 8.31. The topological polar surface area (TPSA) is 43.6 Å². The molecule has 4 rings (SSSR count). The largest absolute Gasteiger partial charge is 0.264 e. The molecule has 0 unspecified atom stereocenters. The third-order valence-electron chi connectivity index (χ3n) is 3.99. The van der Waals surface area contributed by atoms with Crippen LogP contribution in [0.15, 0.2) is 49.1 Å². The lowest BCUT2D eigenvalue weighted by atomic mass is 10.0. The van der Waals surface area contributed by atoms with Crippen molar-refractivity contribution in [3.63, 3.8) is 0 Å². The molecule has 1 aromatic carbocycles. The van der Waals surface area contributed by atoms with Crippen molar-refractivity contribution in [1.82, 2.24) is 19.7 Å².